The van der Waals surface area contributed by atoms with E-state index in [4.69, 9.17) is 9.84 Å². The van der Waals surface area contributed by atoms with Gasteiger partial charge >= 0.3 is 12.0 Å². The number of hydrogen-bond acceptors (Lipinski definition) is 4. The Hall–Kier alpha value is -2.08. The first-order valence-electron chi connectivity index (χ1n) is 6.02. The summed E-state index contributed by atoms with van der Waals surface area (Å²) in [6, 6.07) is 5.63. The average Bonchev–Trinajstić information content (AvgIpc) is 2.39. The Kier molecular flexibility index (Phi) is 5.81. The van der Waals surface area contributed by atoms with E-state index >= 15 is 0 Å². The van der Waals surface area contributed by atoms with Crippen molar-refractivity contribution in [1.29, 1.82) is 0 Å². The lowest BCUT2D eigenvalue weighted by atomic mass is 10.2. The van der Waals surface area contributed by atoms with Crippen molar-refractivity contribution >= 4 is 17.7 Å². The third kappa shape index (κ3) is 4.97. The lowest BCUT2D eigenvalue weighted by Gasteiger charge is -2.12. The van der Waals surface area contributed by atoms with Crippen LogP contribution in [0.3, 0.4) is 0 Å². The van der Waals surface area contributed by atoms with Crippen LogP contribution in [0.5, 0.6) is 0 Å². The molecule has 1 rings (SSSR count). The van der Waals surface area contributed by atoms with Gasteiger partial charge in [0.05, 0.1) is 24.8 Å². The molecule has 0 heterocycles. The van der Waals surface area contributed by atoms with Crippen molar-refractivity contribution in [3.63, 3.8) is 0 Å². The lowest BCUT2D eigenvalue weighted by molar-refractivity contribution is 0.0526. The van der Waals surface area contributed by atoms with Crippen LogP contribution < -0.4 is 10.6 Å². The summed E-state index contributed by atoms with van der Waals surface area (Å²) in [5, 5.41) is 13.9. The standard InChI is InChI=1S/C13H18N2O4/c1-3-19-12(17)10-4-6-11(7-5-10)15-13(18)14-9(2)8-16/h4-7,9,16H,3,8H2,1-2H3,(H2,14,15,18)/t9-/m1/s1. The zero-order valence-corrected chi connectivity index (χ0v) is 11.0. The number of amides is 2. The zero-order valence-electron chi connectivity index (χ0n) is 11.0. The highest BCUT2D eigenvalue weighted by molar-refractivity contribution is 5.92. The summed E-state index contributed by atoms with van der Waals surface area (Å²) in [7, 11) is 0. The van der Waals surface area contributed by atoms with Crippen LogP contribution in [0, 0.1) is 0 Å². The van der Waals surface area contributed by atoms with E-state index < -0.39 is 12.0 Å². The summed E-state index contributed by atoms with van der Waals surface area (Å²) < 4.78 is 4.85. The van der Waals surface area contributed by atoms with Gasteiger partial charge in [-0.05, 0) is 38.1 Å². The van der Waals surface area contributed by atoms with Crippen molar-refractivity contribution in [3.8, 4) is 0 Å². The van der Waals surface area contributed by atoms with E-state index in [1.54, 1.807) is 38.1 Å². The molecular weight excluding hydrogens is 248 g/mol. The minimum Gasteiger partial charge on any atom is -0.462 e. The molecule has 1 atom stereocenters. The molecule has 0 radical (unpaired) electrons. The molecular formula is C13H18N2O4. The first-order valence-corrected chi connectivity index (χ1v) is 6.02. The van der Waals surface area contributed by atoms with E-state index in [0.29, 0.717) is 17.9 Å². The molecule has 1 aromatic rings. The SMILES string of the molecule is CCOC(=O)c1ccc(NC(=O)N[C@H](C)CO)cc1. The highest BCUT2D eigenvalue weighted by atomic mass is 16.5. The van der Waals surface area contributed by atoms with Gasteiger partial charge in [0.25, 0.3) is 0 Å². The second kappa shape index (κ2) is 7.38. The van der Waals surface area contributed by atoms with E-state index in [2.05, 4.69) is 10.6 Å². The molecule has 0 unspecified atom stereocenters. The van der Waals surface area contributed by atoms with Crippen molar-refractivity contribution in [2.24, 2.45) is 0 Å². The molecule has 0 fully saturated rings. The number of esters is 1. The van der Waals surface area contributed by atoms with Gasteiger partial charge in [-0.25, -0.2) is 9.59 Å². The molecule has 6 heteroatoms. The Morgan fingerprint density at radius 3 is 2.47 bits per heavy atom. The van der Waals surface area contributed by atoms with Gasteiger partial charge in [0.15, 0.2) is 0 Å². The predicted molar refractivity (Wildman–Crippen MR) is 71.1 cm³/mol. The normalized spacial score (nSPS) is 11.5. The Labute approximate surface area is 111 Å². The van der Waals surface area contributed by atoms with Crippen LogP contribution in [0.1, 0.15) is 24.2 Å². The average molecular weight is 266 g/mol. The van der Waals surface area contributed by atoms with Gasteiger partial charge in [-0.2, -0.15) is 0 Å². The van der Waals surface area contributed by atoms with Crippen LogP contribution in [0.2, 0.25) is 0 Å². The van der Waals surface area contributed by atoms with Crippen molar-refractivity contribution in [3.05, 3.63) is 29.8 Å². The first kappa shape index (κ1) is 15.0. The first-order chi connectivity index (χ1) is 9.06. The lowest BCUT2D eigenvalue weighted by Crippen LogP contribution is -2.38. The quantitative estimate of drug-likeness (QED) is 0.702. The van der Waals surface area contributed by atoms with Gasteiger partial charge in [-0.15, -0.1) is 0 Å². The summed E-state index contributed by atoms with van der Waals surface area (Å²) in [6.45, 7) is 3.61. The second-order valence-corrected chi connectivity index (χ2v) is 3.98. The molecule has 0 aliphatic heterocycles. The molecule has 0 bridgehead atoms. The number of urea groups is 1. The molecule has 1 aromatic carbocycles. The van der Waals surface area contributed by atoms with Crippen LogP contribution in [-0.4, -0.2) is 36.4 Å². The fourth-order valence-corrected chi connectivity index (χ4v) is 1.34. The van der Waals surface area contributed by atoms with Crippen LogP contribution in [-0.2, 0) is 4.74 Å². The van der Waals surface area contributed by atoms with Gasteiger partial charge in [-0.3, -0.25) is 0 Å². The topological polar surface area (TPSA) is 87.7 Å². The number of nitrogens with one attached hydrogen (secondary N) is 2. The number of rotatable bonds is 5. The van der Waals surface area contributed by atoms with Crippen molar-refractivity contribution in [1.82, 2.24) is 5.32 Å². The summed E-state index contributed by atoms with van der Waals surface area (Å²) >= 11 is 0. The maximum atomic E-state index is 11.5. The number of benzene rings is 1. The van der Waals surface area contributed by atoms with Gasteiger partial charge in [0.1, 0.15) is 0 Å². The third-order valence-corrected chi connectivity index (χ3v) is 2.31. The molecule has 0 aliphatic rings. The third-order valence-electron chi connectivity index (χ3n) is 2.31. The molecule has 0 spiro atoms. The van der Waals surface area contributed by atoms with Gasteiger partial charge < -0.3 is 20.5 Å². The van der Waals surface area contributed by atoms with Crippen molar-refractivity contribution < 1.29 is 19.4 Å². The fraction of sp³-hybridized carbons (Fsp3) is 0.385. The van der Waals surface area contributed by atoms with E-state index in [-0.39, 0.29) is 12.6 Å². The number of anilines is 1. The van der Waals surface area contributed by atoms with E-state index in [9.17, 15) is 9.59 Å². The van der Waals surface area contributed by atoms with Gasteiger partial charge in [-0.1, -0.05) is 0 Å². The van der Waals surface area contributed by atoms with E-state index in [1.807, 2.05) is 0 Å². The Morgan fingerprint density at radius 1 is 1.32 bits per heavy atom. The summed E-state index contributed by atoms with van der Waals surface area (Å²) in [4.78, 5) is 22.9. The predicted octanol–water partition coefficient (Wildman–Crippen LogP) is 1.37. The van der Waals surface area contributed by atoms with Crippen LogP contribution >= 0.6 is 0 Å². The zero-order chi connectivity index (χ0) is 14.3. The van der Waals surface area contributed by atoms with Gasteiger partial charge in [0, 0.05) is 5.69 Å². The van der Waals surface area contributed by atoms with E-state index in [0.717, 1.165) is 0 Å². The molecule has 0 aliphatic carbocycles. The smallest absolute Gasteiger partial charge is 0.338 e. The van der Waals surface area contributed by atoms with Crippen molar-refractivity contribution in [2.45, 2.75) is 19.9 Å². The summed E-state index contributed by atoms with van der Waals surface area (Å²) in [5.41, 5.74) is 0.979. The maximum absolute atomic E-state index is 11.5. The number of ether oxygens (including phenoxy) is 1. The summed E-state index contributed by atoms with van der Waals surface area (Å²) in [5.74, 6) is -0.396. The number of aliphatic hydroxyl groups is 1. The van der Waals surface area contributed by atoms with Gasteiger partial charge in [0.2, 0.25) is 0 Å². The van der Waals surface area contributed by atoms with Crippen LogP contribution in [0.4, 0.5) is 10.5 Å². The largest absolute Gasteiger partial charge is 0.462 e. The molecule has 0 saturated heterocycles. The number of carbonyl (C=O) groups is 2. The molecule has 3 N–H and O–H groups in total. The Morgan fingerprint density at radius 2 is 1.95 bits per heavy atom. The molecule has 6 nitrogen and oxygen atoms in total. The highest BCUT2D eigenvalue weighted by Crippen LogP contribution is 2.10. The fourth-order valence-electron chi connectivity index (χ4n) is 1.34. The second-order valence-electron chi connectivity index (χ2n) is 3.98. The number of carbonyl (C=O) groups excluding carboxylic acids is 2. The van der Waals surface area contributed by atoms with E-state index in [1.165, 1.54) is 0 Å². The molecule has 0 aromatic heterocycles. The molecule has 104 valence electrons. The van der Waals surface area contributed by atoms with Crippen LogP contribution in [0.25, 0.3) is 0 Å². The molecule has 2 amide bonds. The maximum Gasteiger partial charge on any atom is 0.338 e. The highest BCUT2D eigenvalue weighted by Gasteiger charge is 2.08. The molecule has 19 heavy (non-hydrogen) atoms. The summed E-state index contributed by atoms with van der Waals surface area (Å²) in [6.07, 6.45) is 0. The number of hydrogen-bond donors (Lipinski definition) is 3. The van der Waals surface area contributed by atoms with Crippen LogP contribution in [0.15, 0.2) is 24.3 Å². The Bertz CT molecular complexity index is 431. The number of aliphatic hydroxyl groups excluding tert-OH is 1. The minimum atomic E-state index is -0.412. The Balaban J connectivity index is 2.57. The van der Waals surface area contributed by atoms with Crippen molar-refractivity contribution in [2.75, 3.05) is 18.5 Å². The minimum absolute atomic E-state index is 0.130. The monoisotopic (exact) mass is 266 g/mol. The molecule has 0 saturated carbocycles.